The molecular weight excluding hydrogens is 425 g/mol. The largest absolute Gasteiger partial charge is 0.573 e. The standard InChI is InChI=1S/C23H25F3N2O4/c1-15(17-8-10-18(11-9-17)22(30)31)27-21(29)20-7-2-3-12-28(20)14-16-5-4-6-19(13-16)32-23(24,25)26/h4-6,8-11,13,15,20H,2-3,7,12,14H2,1H3,(H,27,29)(H,30,31)/p-1/t15-,20+/m0/s1. The monoisotopic (exact) mass is 449 g/mol. The van der Waals surface area contributed by atoms with Crippen LogP contribution in [0.2, 0.25) is 0 Å². The van der Waals surface area contributed by atoms with Gasteiger partial charge in [-0.05, 0) is 55.1 Å². The van der Waals surface area contributed by atoms with Crippen molar-refractivity contribution in [2.24, 2.45) is 0 Å². The number of carboxylic acid groups (broad SMARTS) is 1. The number of likely N-dealkylation sites (tertiary alicyclic amines) is 1. The summed E-state index contributed by atoms with van der Waals surface area (Å²) in [6, 6.07) is 11.1. The summed E-state index contributed by atoms with van der Waals surface area (Å²) >= 11 is 0. The number of aromatic carboxylic acids is 1. The molecule has 172 valence electrons. The number of hydrogen-bond acceptors (Lipinski definition) is 5. The summed E-state index contributed by atoms with van der Waals surface area (Å²) in [4.78, 5) is 25.8. The molecule has 0 aliphatic carbocycles. The summed E-state index contributed by atoms with van der Waals surface area (Å²) in [6.45, 7) is 2.77. The van der Waals surface area contributed by atoms with Gasteiger partial charge in [0.2, 0.25) is 5.91 Å². The second kappa shape index (κ2) is 10.0. The van der Waals surface area contributed by atoms with Crippen molar-refractivity contribution in [3.63, 3.8) is 0 Å². The van der Waals surface area contributed by atoms with Crippen LogP contribution in [-0.4, -0.2) is 35.7 Å². The van der Waals surface area contributed by atoms with E-state index in [1.165, 1.54) is 30.3 Å². The lowest BCUT2D eigenvalue weighted by molar-refractivity contribution is -0.274. The van der Waals surface area contributed by atoms with Crippen molar-refractivity contribution >= 4 is 11.9 Å². The van der Waals surface area contributed by atoms with Crippen LogP contribution in [0.25, 0.3) is 0 Å². The molecule has 0 radical (unpaired) electrons. The van der Waals surface area contributed by atoms with Crippen molar-refractivity contribution in [2.75, 3.05) is 6.54 Å². The van der Waals surface area contributed by atoms with E-state index >= 15 is 0 Å². The maximum absolute atomic E-state index is 13.0. The number of amides is 1. The molecule has 1 aliphatic heterocycles. The van der Waals surface area contributed by atoms with Crippen LogP contribution in [-0.2, 0) is 11.3 Å². The van der Waals surface area contributed by atoms with E-state index in [9.17, 15) is 27.9 Å². The number of halogens is 3. The molecule has 0 unspecified atom stereocenters. The van der Waals surface area contributed by atoms with Gasteiger partial charge in [-0.2, -0.15) is 0 Å². The van der Waals surface area contributed by atoms with Gasteiger partial charge < -0.3 is 20.0 Å². The third-order valence-electron chi connectivity index (χ3n) is 5.44. The minimum Gasteiger partial charge on any atom is -0.545 e. The molecule has 1 heterocycles. The normalized spacial score (nSPS) is 18.1. The van der Waals surface area contributed by atoms with Gasteiger partial charge in [-0.1, -0.05) is 42.8 Å². The number of rotatable bonds is 7. The Morgan fingerprint density at radius 2 is 1.91 bits per heavy atom. The quantitative estimate of drug-likeness (QED) is 0.702. The Hall–Kier alpha value is -3.07. The zero-order valence-corrected chi connectivity index (χ0v) is 17.5. The van der Waals surface area contributed by atoms with Gasteiger partial charge >= 0.3 is 6.36 Å². The van der Waals surface area contributed by atoms with Gasteiger partial charge in [-0.15, -0.1) is 13.2 Å². The van der Waals surface area contributed by atoms with Crippen molar-refractivity contribution < 1.29 is 32.6 Å². The van der Waals surface area contributed by atoms with Crippen LogP contribution in [0.4, 0.5) is 13.2 Å². The fraction of sp³-hybridized carbons (Fsp3) is 0.391. The van der Waals surface area contributed by atoms with E-state index in [2.05, 4.69) is 10.1 Å². The number of alkyl halides is 3. The molecule has 3 rings (SSSR count). The molecule has 2 atom stereocenters. The zero-order valence-electron chi connectivity index (χ0n) is 17.5. The lowest BCUT2D eigenvalue weighted by atomic mass is 9.99. The first-order valence-electron chi connectivity index (χ1n) is 10.3. The topological polar surface area (TPSA) is 81.7 Å². The fourth-order valence-corrected chi connectivity index (χ4v) is 3.85. The molecule has 6 nitrogen and oxygen atoms in total. The summed E-state index contributed by atoms with van der Waals surface area (Å²) in [6.07, 6.45) is -2.36. The van der Waals surface area contributed by atoms with Crippen molar-refractivity contribution in [3.8, 4) is 5.75 Å². The van der Waals surface area contributed by atoms with E-state index in [1.807, 2.05) is 4.90 Å². The number of benzene rings is 2. The molecule has 2 aromatic carbocycles. The Balaban J connectivity index is 1.66. The molecule has 0 bridgehead atoms. The fourth-order valence-electron chi connectivity index (χ4n) is 3.85. The average molecular weight is 449 g/mol. The number of nitrogens with zero attached hydrogens (tertiary/aromatic N) is 1. The second-order valence-electron chi connectivity index (χ2n) is 7.82. The Labute approximate surface area is 184 Å². The van der Waals surface area contributed by atoms with Gasteiger partial charge in [0, 0.05) is 6.54 Å². The first kappa shape index (κ1) is 23.6. The van der Waals surface area contributed by atoms with Crippen molar-refractivity contribution in [2.45, 2.75) is 51.2 Å². The molecule has 2 aromatic rings. The van der Waals surface area contributed by atoms with E-state index < -0.39 is 18.4 Å². The van der Waals surface area contributed by atoms with Crippen LogP contribution in [0.3, 0.4) is 0 Å². The number of carbonyl (C=O) groups is 2. The van der Waals surface area contributed by atoms with Crippen LogP contribution >= 0.6 is 0 Å². The van der Waals surface area contributed by atoms with Crippen molar-refractivity contribution in [1.82, 2.24) is 10.2 Å². The lowest BCUT2D eigenvalue weighted by Crippen LogP contribution is -2.49. The molecule has 1 aliphatic rings. The first-order chi connectivity index (χ1) is 15.1. The SMILES string of the molecule is C[C@H](NC(=O)[C@H]1CCCCN1Cc1cccc(OC(F)(F)F)c1)c1ccc(C(=O)[O-])cc1. The van der Waals surface area contributed by atoms with Crippen molar-refractivity contribution in [1.29, 1.82) is 0 Å². The Morgan fingerprint density at radius 1 is 1.19 bits per heavy atom. The lowest BCUT2D eigenvalue weighted by Gasteiger charge is -2.35. The molecule has 32 heavy (non-hydrogen) atoms. The van der Waals surface area contributed by atoms with Crippen LogP contribution in [0.15, 0.2) is 48.5 Å². The summed E-state index contributed by atoms with van der Waals surface area (Å²) in [5.74, 6) is -1.73. The highest BCUT2D eigenvalue weighted by atomic mass is 19.4. The van der Waals surface area contributed by atoms with Gasteiger partial charge in [0.1, 0.15) is 5.75 Å². The molecule has 0 saturated carbocycles. The number of carboxylic acids is 1. The number of carbonyl (C=O) groups excluding carboxylic acids is 2. The third-order valence-corrected chi connectivity index (χ3v) is 5.44. The number of ether oxygens (including phenoxy) is 1. The molecule has 1 N–H and O–H groups in total. The Kier molecular flexibility index (Phi) is 7.40. The summed E-state index contributed by atoms with van der Waals surface area (Å²) < 4.78 is 41.5. The molecule has 0 aromatic heterocycles. The van der Waals surface area contributed by atoms with Gasteiger partial charge in [0.05, 0.1) is 18.1 Å². The third kappa shape index (κ3) is 6.46. The van der Waals surface area contributed by atoms with Crippen LogP contribution < -0.4 is 15.2 Å². The highest BCUT2D eigenvalue weighted by Gasteiger charge is 2.32. The smallest absolute Gasteiger partial charge is 0.545 e. The van der Waals surface area contributed by atoms with Crippen LogP contribution in [0.1, 0.15) is 53.7 Å². The van der Waals surface area contributed by atoms with E-state index in [4.69, 9.17) is 0 Å². The van der Waals surface area contributed by atoms with Gasteiger partial charge in [0.25, 0.3) is 0 Å². The average Bonchev–Trinajstić information content (AvgIpc) is 2.73. The Bertz CT molecular complexity index is 947. The molecule has 0 spiro atoms. The number of piperidine rings is 1. The maximum Gasteiger partial charge on any atom is 0.573 e. The maximum atomic E-state index is 13.0. The summed E-state index contributed by atoms with van der Waals surface area (Å²) in [7, 11) is 0. The van der Waals surface area contributed by atoms with E-state index in [-0.39, 0.29) is 23.3 Å². The molecule has 1 saturated heterocycles. The number of hydrogen-bond donors (Lipinski definition) is 1. The Morgan fingerprint density at radius 3 is 2.56 bits per heavy atom. The van der Waals surface area contributed by atoms with E-state index in [0.29, 0.717) is 25.1 Å². The zero-order chi connectivity index (χ0) is 23.3. The molecule has 1 fully saturated rings. The predicted molar refractivity (Wildman–Crippen MR) is 109 cm³/mol. The van der Waals surface area contributed by atoms with Gasteiger partial charge in [-0.25, -0.2) is 0 Å². The van der Waals surface area contributed by atoms with E-state index in [0.717, 1.165) is 18.4 Å². The summed E-state index contributed by atoms with van der Waals surface area (Å²) in [5, 5.41) is 13.8. The highest BCUT2D eigenvalue weighted by molar-refractivity contribution is 5.85. The van der Waals surface area contributed by atoms with Crippen LogP contribution in [0, 0.1) is 0 Å². The van der Waals surface area contributed by atoms with Gasteiger partial charge in [-0.3, -0.25) is 9.69 Å². The minimum atomic E-state index is -4.76. The van der Waals surface area contributed by atoms with Gasteiger partial charge in [0.15, 0.2) is 0 Å². The van der Waals surface area contributed by atoms with Crippen molar-refractivity contribution in [3.05, 3.63) is 65.2 Å². The molecule has 1 amide bonds. The molecular formula is C23H24F3N2O4-. The minimum absolute atomic E-state index is 0.0578. The number of nitrogens with one attached hydrogen (secondary N) is 1. The highest BCUT2D eigenvalue weighted by Crippen LogP contribution is 2.26. The first-order valence-corrected chi connectivity index (χ1v) is 10.3. The summed E-state index contributed by atoms with van der Waals surface area (Å²) in [5.41, 5.74) is 1.43. The van der Waals surface area contributed by atoms with Crippen LogP contribution in [0.5, 0.6) is 5.75 Å². The molecule has 9 heteroatoms. The second-order valence-corrected chi connectivity index (χ2v) is 7.82. The van der Waals surface area contributed by atoms with E-state index in [1.54, 1.807) is 25.1 Å². The predicted octanol–water partition coefficient (Wildman–Crippen LogP) is 3.18.